The predicted octanol–water partition coefficient (Wildman–Crippen LogP) is -0.404. The molecule has 1 unspecified atom stereocenters. The Labute approximate surface area is 58.3 Å². The zero-order valence-corrected chi connectivity index (χ0v) is 5.77. The molecule has 0 aliphatic heterocycles. The summed E-state index contributed by atoms with van der Waals surface area (Å²) in [6, 6.07) is 1.92. The lowest BCUT2D eigenvalue weighted by Crippen LogP contribution is -2.14. The van der Waals surface area contributed by atoms with Gasteiger partial charge >= 0.3 is 0 Å². The molecule has 2 N–H and O–H groups in total. The van der Waals surface area contributed by atoms with Gasteiger partial charge in [-0.15, -0.1) is 11.8 Å². The number of rotatable bonds is 4. The first kappa shape index (κ1) is 8.76. The summed E-state index contributed by atoms with van der Waals surface area (Å²) in [6.45, 7) is -0.224. The van der Waals surface area contributed by atoms with Gasteiger partial charge in [-0.25, -0.2) is 0 Å². The van der Waals surface area contributed by atoms with Crippen molar-refractivity contribution in [3.05, 3.63) is 0 Å². The molecule has 0 amide bonds. The molecule has 1 atom stereocenters. The van der Waals surface area contributed by atoms with Crippen molar-refractivity contribution in [2.45, 2.75) is 6.10 Å². The van der Waals surface area contributed by atoms with E-state index in [1.54, 1.807) is 0 Å². The lowest BCUT2D eigenvalue weighted by Gasteiger charge is -2.02. The van der Waals surface area contributed by atoms with Crippen molar-refractivity contribution in [2.24, 2.45) is 0 Å². The van der Waals surface area contributed by atoms with E-state index in [0.717, 1.165) is 0 Å². The van der Waals surface area contributed by atoms with E-state index >= 15 is 0 Å². The van der Waals surface area contributed by atoms with E-state index < -0.39 is 6.10 Å². The largest absolute Gasteiger partial charge is 0.394 e. The Hall–Kier alpha value is -0.240. The van der Waals surface area contributed by atoms with Gasteiger partial charge in [0.15, 0.2) is 0 Å². The highest BCUT2D eigenvalue weighted by Crippen LogP contribution is 2.00. The van der Waals surface area contributed by atoms with Crippen LogP contribution in [0.15, 0.2) is 0 Å². The highest BCUT2D eigenvalue weighted by molar-refractivity contribution is 7.99. The summed E-state index contributed by atoms with van der Waals surface area (Å²) in [7, 11) is 0. The van der Waals surface area contributed by atoms with Crippen LogP contribution in [0.4, 0.5) is 0 Å². The summed E-state index contributed by atoms with van der Waals surface area (Å²) < 4.78 is 0. The molecule has 3 nitrogen and oxygen atoms in total. The zero-order valence-electron chi connectivity index (χ0n) is 4.95. The van der Waals surface area contributed by atoms with Gasteiger partial charge in [0.25, 0.3) is 0 Å². The number of hydrogen-bond acceptors (Lipinski definition) is 4. The monoisotopic (exact) mass is 147 g/mol. The van der Waals surface area contributed by atoms with E-state index in [1.165, 1.54) is 11.8 Å². The Morgan fingerprint density at radius 1 is 1.67 bits per heavy atom. The van der Waals surface area contributed by atoms with Crippen LogP contribution in [0.2, 0.25) is 0 Å². The van der Waals surface area contributed by atoms with Crippen molar-refractivity contribution < 1.29 is 10.2 Å². The van der Waals surface area contributed by atoms with E-state index in [2.05, 4.69) is 0 Å². The van der Waals surface area contributed by atoms with Crippen molar-refractivity contribution >= 4 is 11.8 Å². The Morgan fingerprint density at radius 2 is 2.33 bits per heavy atom. The molecule has 4 heteroatoms. The van der Waals surface area contributed by atoms with E-state index in [0.29, 0.717) is 11.5 Å². The molecule has 9 heavy (non-hydrogen) atoms. The fraction of sp³-hybridized carbons (Fsp3) is 0.800. The first-order valence-corrected chi connectivity index (χ1v) is 3.70. The van der Waals surface area contributed by atoms with Crippen molar-refractivity contribution in [1.29, 1.82) is 5.26 Å². The molecule has 0 heterocycles. The maximum absolute atomic E-state index is 8.70. The predicted molar refractivity (Wildman–Crippen MR) is 36.0 cm³/mol. The Balaban J connectivity index is 2.99. The molecular formula is C5H9NO2S. The second kappa shape index (κ2) is 5.89. The summed E-state index contributed by atoms with van der Waals surface area (Å²) in [5, 5.41) is 25.0. The van der Waals surface area contributed by atoms with Crippen LogP contribution in [0.5, 0.6) is 0 Å². The van der Waals surface area contributed by atoms with Crippen LogP contribution in [-0.2, 0) is 0 Å². The first-order valence-electron chi connectivity index (χ1n) is 2.55. The van der Waals surface area contributed by atoms with Crippen LogP contribution >= 0.6 is 11.8 Å². The van der Waals surface area contributed by atoms with Crippen molar-refractivity contribution in [1.82, 2.24) is 0 Å². The molecule has 0 aromatic rings. The second-order valence-electron chi connectivity index (χ2n) is 1.51. The van der Waals surface area contributed by atoms with Gasteiger partial charge in [-0.3, -0.25) is 0 Å². The SMILES string of the molecule is N#CCSCC(O)CO. The average Bonchev–Trinajstić information content (AvgIpc) is 1.89. The van der Waals surface area contributed by atoms with Gasteiger partial charge in [0.1, 0.15) is 0 Å². The number of aliphatic hydroxyl groups excluding tert-OH is 2. The van der Waals surface area contributed by atoms with E-state index in [-0.39, 0.29) is 6.61 Å². The lowest BCUT2D eigenvalue weighted by molar-refractivity contribution is 0.113. The topological polar surface area (TPSA) is 64.2 Å². The van der Waals surface area contributed by atoms with Gasteiger partial charge in [-0.05, 0) is 0 Å². The molecule has 0 radical (unpaired) electrons. The highest BCUT2D eigenvalue weighted by Gasteiger charge is 1.99. The van der Waals surface area contributed by atoms with E-state index in [9.17, 15) is 0 Å². The van der Waals surface area contributed by atoms with Crippen LogP contribution in [-0.4, -0.2) is 34.4 Å². The first-order chi connectivity index (χ1) is 4.31. The van der Waals surface area contributed by atoms with Gasteiger partial charge in [0.05, 0.1) is 24.5 Å². The number of hydrogen-bond donors (Lipinski definition) is 2. The fourth-order valence-corrected chi connectivity index (χ4v) is 0.880. The molecule has 52 valence electrons. The van der Waals surface area contributed by atoms with Gasteiger partial charge in [0, 0.05) is 5.75 Å². The maximum Gasteiger partial charge on any atom is 0.0861 e. The summed E-state index contributed by atoms with van der Waals surface area (Å²) in [5.74, 6) is 0.807. The molecule has 0 fully saturated rings. The summed E-state index contributed by atoms with van der Waals surface area (Å²) in [4.78, 5) is 0. The Bertz CT molecular complexity index is 102. The Morgan fingerprint density at radius 3 is 2.78 bits per heavy atom. The highest BCUT2D eigenvalue weighted by atomic mass is 32.2. The van der Waals surface area contributed by atoms with Crippen LogP contribution in [0.25, 0.3) is 0 Å². The molecule has 0 aliphatic rings. The third kappa shape index (κ3) is 5.63. The molecule has 0 aromatic carbocycles. The maximum atomic E-state index is 8.70. The third-order valence-electron chi connectivity index (χ3n) is 0.688. The summed E-state index contributed by atoms with van der Waals surface area (Å²) in [5.41, 5.74) is 0. The number of nitriles is 1. The fourth-order valence-electron chi connectivity index (χ4n) is 0.293. The van der Waals surface area contributed by atoms with Crippen LogP contribution in [0, 0.1) is 11.3 Å². The van der Waals surface area contributed by atoms with Crippen LogP contribution in [0.3, 0.4) is 0 Å². The average molecular weight is 147 g/mol. The third-order valence-corrected chi connectivity index (χ3v) is 1.64. The summed E-state index contributed by atoms with van der Waals surface area (Å²) >= 11 is 1.31. The second-order valence-corrected chi connectivity index (χ2v) is 2.54. The van der Waals surface area contributed by atoms with Gasteiger partial charge < -0.3 is 10.2 Å². The van der Waals surface area contributed by atoms with E-state index in [1.807, 2.05) is 6.07 Å². The van der Waals surface area contributed by atoms with Crippen LogP contribution < -0.4 is 0 Å². The Kier molecular flexibility index (Phi) is 5.73. The smallest absolute Gasteiger partial charge is 0.0861 e. The molecular weight excluding hydrogens is 138 g/mol. The van der Waals surface area contributed by atoms with E-state index in [4.69, 9.17) is 15.5 Å². The molecule has 0 saturated carbocycles. The van der Waals surface area contributed by atoms with Crippen molar-refractivity contribution in [2.75, 3.05) is 18.1 Å². The van der Waals surface area contributed by atoms with Crippen LogP contribution in [0.1, 0.15) is 0 Å². The number of aliphatic hydroxyl groups is 2. The molecule has 0 aromatic heterocycles. The number of nitrogens with zero attached hydrogens (tertiary/aromatic N) is 1. The normalized spacial score (nSPS) is 12.6. The molecule has 0 spiro atoms. The van der Waals surface area contributed by atoms with Gasteiger partial charge in [-0.2, -0.15) is 5.26 Å². The molecule has 0 rings (SSSR count). The molecule has 0 aliphatic carbocycles. The molecule has 0 saturated heterocycles. The minimum atomic E-state index is -0.677. The minimum absolute atomic E-state index is 0.224. The van der Waals surface area contributed by atoms with Gasteiger partial charge in [0.2, 0.25) is 0 Å². The van der Waals surface area contributed by atoms with Gasteiger partial charge in [-0.1, -0.05) is 0 Å². The number of thioether (sulfide) groups is 1. The quantitative estimate of drug-likeness (QED) is 0.531. The van der Waals surface area contributed by atoms with Crippen molar-refractivity contribution in [3.8, 4) is 6.07 Å². The zero-order chi connectivity index (χ0) is 7.11. The lowest BCUT2D eigenvalue weighted by atomic mass is 10.4. The standard InChI is InChI=1S/C5H9NO2S/c6-1-2-9-4-5(8)3-7/h5,7-8H,2-4H2. The summed E-state index contributed by atoms with van der Waals surface area (Å²) in [6.07, 6.45) is -0.677. The minimum Gasteiger partial charge on any atom is -0.394 e. The van der Waals surface area contributed by atoms with Crippen molar-refractivity contribution in [3.63, 3.8) is 0 Å². The molecule has 0 bridgehead atoms.